The number of methoxy groups -OCH3 is 2. The Balaban J connectivity index is 1.65. The molecule has 0 aromatic rings. The molecule has 5 rings (SSSR count). The number of ether oxygens (including phenoxy) is 3. The lowest BCUT2D eigenvalue weighted by molar-refractivity contribution is -0.195. The number of ketones is 1. The summed E-state index contributed by atoms with van der Waals surface area (Å²) in [4.78, 5) is 41.7. The van der Waals surface area contributed by atoms with Crippen molar-refractivity contribution < 1.29 is 28.6 Å². The molecule has 0 aromatic heterocycles. The third-order valence-electron chi connectivity index (χ3n) is 12.3. The Morgan fingerprint density at radius 1 is 0.789 bits per heavy atom. The van der Waals surface area contributed by atoms with E-state index < -0.39 is 17.3 Å². The van der Waals surface area contributed by atoms with Crippen LogP contribution in [0.15, 0.2) is 11.3 Å². The van der Waals surface area contributed by atoms with Crippen LogP contribution in [0, 0.1) is 50.7 Å². The third-order valence-corrected chi connectivity index (χ3v) is 12.3. The molecule has 212 valence electrons. The monoisotopic (exact) mass is 528 g/mol. The lowest BCUT2D eigenvalue weighted by Gasteiger charge is -2.63. The van der Waals surface area contributed by atoms with E-state index in [1.165, 1.54) is 14.2 Å². The second kappa shape index (κ2) is 8.83. The van der Waals surface area contributed by atoms with Crippen molar-refractivity contribution in [3.63, 3.8) is 0 Å². The molecule has 0 bridgehead atoms. The first kappa shape index (κ1) is 27.7. The number of carbonyl (C=O) groups excluding carboxylic acids is 3. The van der Waals surface area contributed by atoms with Gasteiger partial charge in [0.15, 0.2) is 0 Å². The highest BCUT2D eigenvalue weighted by molar-refractivity contribution is 5.93. The van der Waals surface area contributed by atoms with Gasteiger partial charge in [-0.3, -0.25) is 14.4 Å². The molecule has 1 heterocycles. The van der Waals surface area contributed by atoms with Gasteiger partial charge in [0.25, 0.3) is 0 Å². The van der Waals surface area contributed by atoms with Crippen LogP contribution in [0.5, 0.6) is 0 Å². The molecular weight excluding hydrogens is 480 g/mol. The average Bonchev–Trinajstić information content (AvgIpc) is 2.83. The fourth-order valence-electron chi connectivity index (χ4n) is 10.6. The minimum Gasteiger partial charge on any atom is -0.497 e. The van der Waals surface area contributed by atoms with E-state index in [2.05, 4.69) is 41.5 Å². The summed E-state index contributed by atoms with van der Waals surface area (Å²) in [7, 11) is 2.89. The topological polar surface area (TPSA) is 78.9 Å². The van der Waals surface area contributed by atoms with Gasteiger partial charge < -0.3 is 14.2 Å². The van der Waals surface area contributed by atoms with Crippen molar-refractivity contribution in [3.05, 3.63) is 11.3 Å². The first-order valence-electron chi connectivity index (χ1n) is 14.7. The van der Waals surface area contributed by atoms with Crippen molar-refractivity contribution in [3.8, 4) is 0 Å². The molecule has 7 unspecified atom stereocenters. The zero-order chi connectivity index (χ0) is 27.9. The lowest BCUT2D eigenvalue weighted by atomic mass is 9.41. The molecule has 6 heteroatoms. The first-order chi connectivity index (χ1) is 17.7. The summed E-state index contributed by atoms with van der Waals surface area (Å²) in [6.45, 7) is 13.7. The van der Waals surface area contributed by atoms with Gasteiger partial charge in [-0.25, -0.2) is 0 Å². The molecule has 3 fully saturated rings. The Bertz CT molecular complexity index is 1070. The molecule has 4 aliphatic carbocycles. The van der Waals surface area contributed by atoms with Crippen molar-refractivity contribution in [1.82, 2.24) is 0 Å². The number of esters is 2. The van der Waals surface area contributed by atoms with E-state index in [9.17, 15) is 14.4 Å². The third kappa shape index (κ3) is 3.67. The minimum atomic E-state index is -1.02. The minimum absolute atomic E-state index is 0.0374. The molecule has 0 radical (unpaired) electrons. The first-order valence-corrected chi connectivity index (χ1v) is 14.7. The molecule has 5 aliphatic rings. The molecule has 0 amide bonds. The molecule has 0 aromatic carbocycles. The summed E-state index contributed by atoms with van der Waals surface area (Å²) < 4.78 is 17.5. The largest absolute Gasteiger partial charge is 0.497 e. The van der Waals surface area contributed by atoms with Gasteiger partial charge in [-0.15, -0.1) is 0 Å². The van der Waals surface area contributed by atoms with Crippen molar-refractivity contribution in [2.75, 3.05) is 20.8 Å². The number of allylic oxidation sites excluding steroid dienone is 1. The molecule has 7 atom stereocenters. The van der Waals surface area contributed by atoms with Gasteiger partial charge in [0.05, 0.1) is 37.2 Å². The molecule has 0 N–H and O–H groups in total. The number of Topliss-reactive ketones (excluding diaryl/α,β-unsaturated/α-hetero) is 1. The number of carbonyl (C=O) groups is 3. The van der Waals surface area contributed by atoms with Crippen molar-refractivity contribution in [2.45, 2.75) is 99.3 Å². The summed E-state index contributed by atoms with van der Waals surface area (Å²) in [5, 5.41) is 0. The van der Waals surface area contributed by atoms with E-state index >= 15 is 0 Å². The maximum Gasteiger partial charge on any atom is 0.313 e. The zero-order valence-electron chi connectivity index (χ0n) is 24.8. The lowest BCUT2D eigenvalue weighted by Crippen LogP contribution is -2.65. The number of hydrogen-bond acceptors (Lipinski definition) is 6. The molecule has 3 saturated carbocycles. The van der Waals surface area contributed by atoms with Gasteiger partial charge in [-0.05, 0) is 71.2 Å². The van der Waals surface area contributed by atoms with Crippen LogP contribution in [0.4, 0.5) is 0 Å². The highest BCUT2D eigenvalue weighted by atomic mass is 16.5. The van der Waals surface area contributed by atoms with E-state index in [0.29, 0.717) is 12.8 Å². The van der Waals surface area contributed by atoms with Crippen LogP contribution in [-0.4, -0.2) is 38.5 Å². The summed E-state index contributed by atoms with van der Waals surface area (Å²) >= 11 is 0. The maximum atomic E-state index is 14.3. The Labute approximate surface area is 228 Å². The van der Waals surface area contributed by atoms with E-state index in [4.69, 9.17) is 14.2 Å². The van der Waals surface area contributed by atoms with Crippen molar-refractivity contribution in [1.29, 1.82) is 0 Å². The Kier molecular flexibility index (Phi) is 6.44. The molecular formula is C32H48O6. The van der Waals surface area contributed by atoms with Crippen LogP contribution in [-0.2, 0) is 28.6 Å². The van der Waals surface area contributed by atoms with Crippen LogP contribution in [0.2, 0.25) is 0 Å². The highest BCUT2D eigenvalue weighted by Gasteiger charge is 2.69. The summed E-state index contributed by atoms with van der Waals surface area (Å²) in [6.07, 6.45) is 7.66. The predicted octanol–water partition coefficient (Wildman–Crippen LogP) is 6.27. The van der Waals surface area contributed by atoms with Gasteiger partial charge in [0.2, 0.25) is 0 Å². The van der Waals surface area contributed by atoms with E-state index in [-0.39, 0.29) is 57.8 Å². The van der Waals surface area contributed by atoms with Crippen LogP contribution < -0.4 is 0 Å². The molecule has 38 heavy (non-hydrogen) atoms. The molecule has 1 aliphatic heterocycles. The fraction of sp³-hybridized carbons (Fsp3) is 0.844. The standard InChI is InChI=1S/C32H48O6/c1-28(2)11-9-13-30(5)21(28)15-20-19(24(30)26(34)36-7)17-32(18-38-20)23(33)16-22-29(3,4)12-10-14-31(22,6)25(32)27(35)37-8/h21-22,24-25H,9-18H2,1-8H3. The van der Waals surface area contributed by atoms with Gasteiger partial charge >= 0.3 is 11.9 Å². The second-order valence-corrected chi connectivity index (χ2v) is 15.1. The Morgan fingerprint density at radius 2 is 1.34 bits per heavy atom. The average molecular weight is 529 g/mol. The Hall–Kier alpha value is -1.85. The summed E-state index contributed by atoms with van der Waals surface area (Å²) in [5.74, 6) is -0.310. The predicted molar refractivity (Wildman–Crippen MR) is 144 cm³/mol. The summed E-state index contributed by atoms with van der Waals surface area (Å²) in [5.41, 5.74) is -0.750. The van der Waals surface area contributed by atoms with Crippen LogP contribution in [0.3, 0.4) is 0 Å². The van der Waals surface area contributed by atoms with E-state index in [1.807, 2.05) is 0 Å². The Morgan fingerprint density at radius 3 is 1.92 bits per heavy atom. The highest BCUT2D eigenvalue weighted by Crippen LogP contribution is 2.68. The fourth-order valence-corrected chi connectivity index (χ4v) is 10.6. The maximum absolute atomic E-state index is 14.3. The molecule has 6 nitrogen and oxygen atoms in total. The van der Waals surface area contributed by atoms with Crippen LogP contribution in [0.1, 0.15) is 99.3 Å². The number of fused-ring (bicyclic) bond motifs is 2. The second-order valence-electron chi connectivity index (χ2n) is 15.1. The van der Waals surface area contributed by atoms with Gasteiger partial charge in [0, 0.05) is 12.8 Å². The van der Waals surface area contributed by atoms with Crippen molar-refractivity contribution in [2.24, 2.45) is 50.7 Å². The van der Waals surface area contributed by atoms with Crippen LogP contribution in [0.25, 0.3) is 0 Å². The van der Waals surface area contributed by atoms with E-state index in [0.717, 1.165) is 56.3 Å². The number of hydrogen-bond donors (Lipinski definition) is 0. The van der Waals surface area contributed by atoms with Gasteiger partial charge in [-0.1, -0.05) is 54.4 Å². The normalized spacial score (nSPS) is 43.3. The zero-order valence-corrected chi connectivity index (χ0v) is 24.8. The summed E-state index contributed by atoms with van der Waals surface area (Å²) in [6, 6.07) is 0. The van der Waals surface area contributed by atoms with Crippen LogP contribution >= 0.6 is 0 Å². The van der Waals surface area contributed by atoms with Gasteiger partial charge in [0.1, 0.15) is 12.4 Å². The molecule has 0 saturated heterocycles. The van der Waals surface area contributed by atoms with Crippen molar-refractivity contribution >= 4 is 17.7 Å². The SMILES string of the molecule is COC(=O)C1C2=C(CC3C(C)(C)CCCC13C)OCC1(C2)C(=O)CC2C(C)(C)CCCC2(C)C1C(=O)OC. The van der Waals surface area contributed by atoms with E-state index in [1.54, 1.807) is 0 Å². The quantitative estimate of drug-likeness (QED) is 0.393. The van der Waals surface area contributed by atoms with Gasteiger partial charge in [-0.2, -0.15) is 0 Å². The molecule has 1 spiro atoms. The number of rotatable bonds is 2. The smallest absolute Gasteiger partial charge is 0.313 e.